The molecule has 0 aromatic carbocycles. The standard InChI is InChI=1S/C12H18N4O3.ClH/c1-15-9(4-5-10(15)16(18)19)11(17)14-12(8-13)6-2-3-7-12;/h4-5H,2-3,6-8,13H2,1H3,(H,14,17);1H. The molecule has 8 heteroatoms. The smallest absolute Gasteiger partial charge is 0.323 e. The summed E-state index contributed by atoms with van der Waals surface area (Å²) >= 11 is 0. The molecule has 0 spiro atoms. The van der Waals surface area contributed by atoms with Crippen molar-refractivity contribution in [2.45, 2.75) is 31.2 Å². The molecule has 1 saturated carbocycles. The lowest BCUT2D eigenvalue weighted by molar-refractivity contribution is -0.391. The molecule has 0 saturated heterocycles. The molecule has 20 heavy (non-hydrogen) atoms. The SMILES string of the molecule is Cl.Cn1c(C(=O)NC2(CN)CCCC2)ccc1[N+](=O)[O-]. The molecule has 0 bridgehead atoms. The van der Waals surface area contributed by atoms with Crippen molar-refractivity contribution in [1.82, 2.24) is 9.88 Å². The number of aromatic nitrogens is 1. The molecule has 0 unspecified atom stereocenters. The van der Waals surface area contributed by atoms with Crippen LogP contribution in [-0.4, -0.2) is 27.5 Å². The molecule has 1 amide bonds. The zero-order chi connectivity index (χ0) is 14.0. The summed E-state index contributed by atoms with van der Waals surface area (Å²) < 4.78 is 1.29. The Labute approximate surface area is 123 Å². The van der Waals surface area contributed by atoms with E-state index in [1.165, 1.54) is 23.7 Å². The molecule has 2 rings (SSSR count). The highest BCUT2D eigenvalue weighted by atomic mass is 35.5. The van der Waals surface area contributed by atoms with Crippen molar-refractivity contribution >= 4 is 24.1 Å². The largest absolute Gasteiger partial charge is 0.358 e. The van der Waals surface area contributed by atoms with E-state index in [2.05, 4.69) is 5.32 Å². The van der Waals surface area contributed by atoms with E-state index in [1.807, 2.05) is 0 Å². The molecule has 1 aromatic heterocycles. The van der Waals surface area contributed by atoms with Crippen LogP contribution in [0.1, 0.15) is 36.2 Å². The van der Waals surface area contributed by atoms with Crippen LogP contribution >= 0.6 is 12.4 Å². The zero-order valence-corrected chi connectivity index (χ0v) is 12.1. The first-order chi connectivity index (χ1) is 8.99. The van der Waals surface area contributed by atoms with Gasteiger partial charge in [0.25, 0.3) is 5.91 Å². The van der Waals surface area contributed by atoms with Gasteiger partial charge in [-0.05, 0) is 23.8 Å². The summed E-state index contributed by atoms with van der Waals surface area (Å²) in [5.74, 6) is -0.402. The van der Waals surface area contributed by atoms with Crippen molar-refractivity contribution in [2.24, 2.45) is 12.8 Å². The minimum Gasteiger partial charge on any atom is -0.358 e. The molecular weight excluding hydrogens is 284 g/mol. The van der Waals surface area contributed by atoms with E-state index in [-0.39, 0.29) is 35.4 Å². The van der Waals surface area contributed by atoms with Gasteiger partial charge in [-0.2, -0.15) is 0 Å². The Morgan fingerprint density at radius 2 is 2.10 bits per heavy atom. The number of nitro groups is 1. The predicted octanol–water partition coefficient (Wildman–Crippen LogP) is 1.36. The topological polar surface area (TPSA) is 103 Å². The number of nitrogens with one attached hydrogen (secondary N) is 1. The van der Waals surface area contributed by atoms with Crippen molar-refractivity contribution in [2.75, 3.05) is 6.54 Å². The van der Waals surface area contributed by atoms with Gasteiger partial charge in [0.15, 0.2) is 5.69 Å². The Kier molecular flexibility index (Phi) is 5.13. The van der Waals surface area contributed by atoms with E-state index >= 15 is 0 Å². The third kappa shape index (κ3) is 2.94. The van der Waals surface area contributed by atoms with Crippen LogP contribution in [0.2, 0.25) is 0 Å². The number of carbonyl (C=O) groups excluding carboxylic acids is 1. The van der Waals surface area contributed by atoms with E-state index in [0.29, 0.717) is 6.54 Å². The molecule has 0 radical (unpaired) electrons. The van der Waals surface area contributed by atoms with Crippen LogP contribution in [0.4, 0.5) is 5.82 Å². The van der Waals surface area contributed by atoms with Gasteiger partial charge >= 0.3 is 5.82 Å². The van der Waals surface area contributed by atoms with Crippen molar-refractivity contribution in [3.63, 3.8) is 0 Å². The third-order valence-electron chi connectivity index (χ3n) is 3.85. The fourth-order valence-electron chi connectivity index (χ4n) is 2.65. The van der Waals surface area contributed by atoms with E-state index < -0.39 is 4.92 Å². The van der Waals surface area contributed by atoms with Crippen LogP contribution in [0.3, 0.4) is 0 Å². The van der Waals surface area contributed by atoms with Gasteiger partial charge in [-0.15, -0.1) is 12.4 Å². The lowest BCUT2D eigenvalue weighted by Crippen LogP contribution is -2.52. The molecule has 7 nitrogen and oxygen atoms in total. The summed E-state index contributed by atoms with van der Waals surface area (Å²) in [7, 11) is 1.51. The molecule has 1 aliphatic rings. The van der Waals surface area contributed by atoms with Crippen molar-refractivity contribution in [3.8, 4) is 0 Å². The number of amides is 1. The van der Waals surface area contributed by atoms with E-state index in [4.69, 9.17) is 5.73 Å². The lowest BCUT2D eigenvalue weighted by atomic mass is 9.97. The molecule has 3 N–H and O–H groups in total. The molecule has 1 aromatic rings. The number of carbonyl (C=O) groups is 1. The van der Waals surface area contributed by atoms with Crippen LogP contribution in [0, 0.1) is 10.1 Å². The van der Waals surface area contributed by atoms with Crippen molar-refractivity contribution in [3.05, 3.63) is 27.9 Å². The first-order valence-electron chi connectivity index (χ1n) is 6.32. The Hall–Kier alpha value is -1.60. The second-order valence-corrected chi connectivity index (χ2v) is 5.04. The van der Waals surface area contributed by atoms with Crippen LogP contribution < -0.4 is 11.1 Å². The third-order valence-corrected chi connectivity index (χ3v) is 3.85. The van der Waals surface area contributed by atoms with Gasteiger partial charge in [-0.25, -0.2) is 4.57 Å². The normalized spacial score (nSPS) is 16.5. The minimum absolute atomic E-state index is 0. The second kappa shape index (κ2) is 6.23. The summed E-state index contributed by atoms with van der Waals surface area (Å²) in [6.07, 6.45) is 3.82. The van der Waals surface area contributed by atoms with Gasteiger partial charge in [-0.3, -0.25) is 4.79 Å². The number of nitrogens with zero attached hydrogens (tertiary/aromatic N) is 2. The number of hydrogen-bond donors (Lipinski definition) is 2. The fraction of sp³-hybridized carbons (Fsp3) is 0.583. The minimum atomic E-state index is -0.509. The van der Waals surface area contributed by atoms with E-state index in [0.717, 1.165) is 25.7 Å². The van der Waals surface area contributed by atoms with E-state index in [1.54, 1.807) is 0 Å². The molecule has 0 atom stereocenters. The Bertz CT molecular complexity index is 509. The summed E-state index contributed by atoms with van der Waals surface area (Å²) in [5.41, 5.74) is 5.69. The predicted molar refractivity (Wildman–Crippen MR) is 77.0 cm³/mol. The van der Waals surface area contributed by atoms with Gasteiger partial charge in [0.2, 0.25) is 0 Å². The van der Waals surface area contributed by atoms with E-state index in [9.17, 15) is 14.9 Å². The molecular formula is C12H19ClN4O3. The Balaban J connectivity index is 0.00000200. The zero-order valence-electron chi connectivity index (χ0n) is 11.3. The van der Waals surface area contributed by atoms with Crippen molar-refractivity contribution in [1.29, 1.82) is 0 Å². The number of halogens is 1. The summed E-state index contributed by atoms with van der Waals surface area (Å²) in [4.78, 5) is 22.5. The Morgan fingerprint density at radius 1 is 1.50 bits per heavy atom. The first-order valence-corrected chi connectivity index (χ1v) is 6.32. The van der Waals surface area contributed by atoms with Crippen molar-refractivity contribution < 1.29 is 9.72 Å². The second-order valence-electron chi connectivity index (χ2n) is 5.04. The maximum Gasteiger partial charge on any atom is 0.323 e. The highest BCUT2D eigenvalue weighted by Crippen LogP contribution is 2.29. The fourth-order valence-corrected chi connectivity index (χ4v) is 2.65. The summed E-state index contributed by atoms with van der Waals surface area (Å²) in [6.45, 7) is 0.394. The van der Waals surface area contributed by atoms with Crippen LogP contribution in [0.5, 0.6) is 0 Å². The van der Waals surface area contributed by atoms with Gasteiger partial charge in [-0.1, -0.05) is 12.8 Å². The van der Waals surface area contributed by atoms with Gasteiger partial charge in [0.05, 0.1) is 12.6 Å². The monoisotopic (exact) mass is 302 g/mol. The average molecular weight is 303 g/mol. The maximum atomic E-state index is 12.2. The molecule has 1 aliphatic carbocycles. The van der Waals surface area contributed by atoms with Crippen LogP contribution in [-0.2, 0) is 7.05 Å². The lowest BCUT2D eigenvalue weighted by Gasteiger charge is -2.28. The highest BCUT2D eigenvalue weighted by Gasteiger charge is 2.35. The van der Waals surface area contributed by atoms with Gasteiger partial charge < -0.3 is 21.2 Å². The van der Waals surface area contributed by atoms with Crippen LogP contribution in [0.15, 0.2) is 12.1 Å². The number of nitrogens with two attached hydrogens (primary N) is 1. The number of rotatable bonds is 4. The molecule has 1 fully saturated rings. The first kappa shape index (κ1) is 16.5. The van der Waals surface area contributed by atoms with Gasteiger partial charge in [0, 0.05) is 12.6 Å². The number of hydrogen-bond acceptors (Lipinski definition) is 4. The summed E-state index contributed by atoms with van der Waals surface area (Å²) in [6, 6.07) is 2.80. The maximum absolute atomic E-state index is 12.2. The Morgan fingerprint density at radius 3 is 2.55 bits per heavy atom. The molecule has 112 valence electrons. The van der Waals surface area contributed by atoms with Crippen LogP contribution in [0.25, 0.3) is 0 Å². The molecule has 0 aliphatic heterocycles. The summed E-state index contributed by atoms with van der Waals surface area (Å²) in [5, 5.41) is 13.7. The average Bonchev–Trinajstić information content (AvgIpc) is 2.96. The highest BCUT2D eigenvalue weighted by molar-refractivity contribution is 5.93. The quantitative estimate of drug-likeness (QED) is 0.647. The van der Waals surface area contributed by atoms with Gasteiger partial charge in [0.1, 0.15) is 0 Å². The molecule has 1 heterocycles.